The summed E-state index contributed by atoms with van der Waals surface area (Å²) in [7, 11) is 1.69. The van der Waals surface area contributed by atoms with E-state index in [1.807, 2.05) is 0 Å². The van der Waals surface area contributed by atoms with Crippen molar-refractivity contribution in [2.24, 2.45) is 0 Å². The van der Waals surface area contributed by atoms with E-state index in [0.717, 1.165) is 0 Å². The molecule has 0 saturated carbocycles. The molecule has 1 heterocycles. The lowest BCUT2D eigenvalue weighted by Crippen LogP contribution is -2.39. The van der Waals surface area contributed by atoms with E-state index in [4.69, 9.17) is 9.84 Å². The van der Waals surface area contributed by atoms with Crippen LogP contribution in [0.5, 0.6) is 0 Å². The Labute approximate surface area is 59.1 Å². The normalized spacial score (nSPS) is 38.9. The first-order valence-electron chi connectivity index (χ1n) is 3.08. The second kappa shape index (κ2) is 2.67. The second-order valence-electron chi connectivity index (χ2n) is 2.24. The molecule has 3 N–H and O–H groups in total. The number of aliphatic hydroxyl groups is 2. The Morgan fingerprint density at radius 2 is 2.50 bits per heavy atom. The predicted molar refractivity (Wildman–Crippen MR) is 35.1 cm³/mol. The van der Waals surface area contributed by atoms with Crippen molar-refractivity contribution >= 4 is 0 Å². The molecule has 4 nitrogen and oxygen atoms in total. The molecule has 1 aliphatic rings. The van der Waals surface area contributed by atoms with Crippen molar-refractivity contribution in [3.05, 3.63) is 12.2 Å². The molecule has 0 aromatic rings. The van der Waals surface area contributed by atoms with Gasteiger partial charge in [-0.2, -0.15) is 0 Å². The number of rotatable bonds is 2. The third-order valence-electron chi connectivity index (χ3n) is 1.28. The molecule has 1 aliphatic heterocycles. The largest absolute Gasteiger partial charge is 0.365 e. The topological polar surface area (TPSA) is 61.7 Å². The highest BCUT2D eigenvalue weighted by Crippen LogP contribution is 2.17. The minimum atomic E-state index is -1.33. The van der Waals surface area contributed by atoms with Gasteiger partial charge in [-0.1, -0.05) is 0 Å². The van der Waals surface area contributed by atoms with E-state index in [-0.39, 0.29) is 6.54 Å². The molecule has 2 unspecified atom stereocenters. The zero-order chi connectivity index (χ0) is 7.61. The lowest BCUT2D eigenvalue weighted by Gasteiger charge is -2.20. The van der Waals surface area contributed by atoms with Crippen LogP contribution in [-0.2, 0) is 4.74 Å². The number of nitrogens with one attached hydrogen (secondary N) is 1. The highest BCUT2D eigenvalue weighted by Gasteiger charge is 2.31. The van der Waals surface area contributed by atoms with Gasteiger partial charge in [-0.15, -0.1) is 0 Å². The summed E-state index contributed by atoms with van der Waals surface area (Å²) in [6.07, 6.45) is 1.85. The van der Waals surface area contributed by atoms with Gasteiger partial charge in [0.1, 0.15) is 0 Å². The first-order valence-corrected chi connectivity index (χ1v) is 3.08. The fourth-order valence-electron chi connectivity index (χ4n) is 0.874. The molecule has 0 fully saturated rings. The lowest BCUT2D eigenvalue weighted by atomic mass is 10.3. The smallest absolute Gasteiger partial charge is 0.201 e. The lowest BCUT2D eigenvalue weighted by molar-refractivity contribution is -0.216. The molecular formula is C6H11NO3. The number of ether oxygens (including phenoxy) is 1. The van der Waals surface area contributed by atoms with Gasteiger partial charge in [0.05, 0.1) is 6.54 Å². The summed E-state index contributed by atoms with van der Waals surface area (Å²) in [5.41, 5.74) is 0. The Morgan fingerprint density at radius 3 is 2.90 bits per heavy atom. The van der Waals surface area contributed by atoms with Gasteiger partial charge in [0.15, 0.2) is 6.29 Å². The van der Waals surface area contributed by atoms with Crippen molar-refractivity contribution in [2.75, 3.05) is 13.6 Å². The predicted octanol–water partition coefficient (Wildman–Crippen LogP) is -1.20. The molecule has 2 atom stereocenters. The molecule has 4 heteroatoms. The Morgan fingerprint density at radius 1 is 1.80 bits per heavy atom. The summed E-state index contributed by atoms with van der Waals surface area (Å²) in [6.45, 7) is 0.278. The summed E-state index contributed by atoms with van der Waals surface area (Å²) in [6, 6.07) is 0. The van der Waals surface area contributed by atoms with Gasteiger partial charge in [-0.05, 0) is 19.2 Å². The molecule has 10 heavy (non-hydrogen) atoms. The number of likely N-dealkylation sites (N-methyl/N-ethyl adjacent to an activating group) is 1. The molecule has 0 amide bonds. The zero-order valence-electron chi connectivity index (χ0n) is 5.74. The van der Waals surface area contributed by atoms with E-state index in [9.17, 15) is 5.11 Å². The van der Waals surface area contributed by atoms with Crippen molar-refractivity contribution in [1.29, 1.82) is 0 Å². The highest BCUT2D eigenvalue weighted by molar-refractivity contribution is 5.03. The van der Waals surface area contributed by atoms with Gasteiger partial charge in [-0.3, -0.25) is 0 Å². The molecule has 0 bridgehead atoms. The van der Waals surface area contributed by atoms with Crippen molar-refractivity contribution in [2.45, 2.75) is 12.1 Å². The van der Waals surface area contributed by atoms with E-state index >= 15 is 0 Å². The number of hydrogen-bond donors (Lipinski definition) is 3. The van der Waals surface area contributed by atoms with Crippen LogP contribution >= 0.6 is 0 Å². The Bertz CT molecular complexity index is 148. The first kappa shape index (κ1) is 7.68. The van der Waals surface area contributed by atoms with E-state index in [1.165, 1.54) is 12.2 Å². The van der Waals surface area contributed by atoms with Crippen LogP contribution in [-0.4, -0.2) is 35.9 Å². The number of hydrogen-bond acceptors (Lipinski definition) is 4. The second-order valence-corrected chi connectivity index (χ2v) is 2.24. The van der Waals surface area contributed by atoms with Crippen molar-refractivity contribution in [3.63, 3.8) is 0 Å². The third-order valence-corrected chi connectivity index (χ3v) is 1.28. The van der Waals surface area contributed by atoms with E-state index in [1.54, 1.807) is 7.05 Å². The molecule has 0 aromatic heterocycles. The maximum Gasteiger partial charge on any atom is 0.201 e. The van der Waals surface area contributed by atoms with Gasteiger partial charge >= 0.3 is 0 Å². The number of aliphatic hydroxyl groups excluding tert-OH is 1. The molecule has 0 aromatic carbocycles. The molecule has 0 spiro atoms. The maximum atomic E-state index is 9.33. The van der Waals surface area contributed by atoms with Crippen LogP contribution in [0, 0.1) is 0 Å². The monoisotopic (exact) mass is 145 g/mol. The van der Waals surface area contributed by atoms with Gasteiger partial charge in [0.2, 0.25) is 5.79 Å². The third kappa shape index (κ3) is 1.54. The van der Waals surface area contributed by atoms with Crippen molar-refractivity contribution < 1.29 is 14.9 Å². The summed E-state index contributed by atoms with van der Waals surface area (Å²) in [5.74, 6) is -1.33. The standard InChI is InChI=1S/C6H11NO3/c1-7-4-6(9)3-2-5(8)10-6/h2-3,5,7-9H,4H2,1H3. The van der Waals surface area contributed by atoms with E-state index < -0.39 is 12.1 Å². The molecule has 1 rings (SSSR count). The van der Waals surface area contributed by atoms with E-state index in [0.29, 0.717) is 0 Å². The van der Waals surface area contributed by atoms with Gasteiger partial charge < -0.3 is 20.3 Å². The zero-order valence-corrected chi connectivity index (χ0v) is 5.74. The molecule has 0 saturated heterocycles. The minimum absolute atomic E-state index is 0.278. The van der Waals surface area contributed by atoms with Crippen molar-refractivity contribution in [1.82, 2.24) is 5.32 Å². The van der Waals surface area contributed by atoms with Crippen LogP contribution in [0.1, 0.15) is 0 Å². The molecular weight excluding hydrogens is 134 g/mol. The first-order chi connectivity index (χ1) is 4.66. The van der Waals surface area contributed by atoms with Gasteiger partial charge in [-0.25, -0.2) is 0 Å². The summed E-state index contributed by atoms with van der Waals surface area (Å²) < 4.78 is 4.73. The fourth-order valence-corrected chi connectivity index (χ4v) is 0.874. The average molecular weight is 145 g/mol. The van der Waals surface area contributed by atoms with Crippen LogP contribution in [0.2, 0.25) is 0 Å². The van der Waals surface area contributed by atoms with Crippen molar-refractivity contribution in [3.8, 4) is 0 Å². The van der Waals surface area contributed by atoms with Crippen LogP contribution in [0.4, 0.5) is 0 Å². The van der Waals surface area contributed by atoms with Crippen LogP contribution < -0.4 is 5.32 Å². The van der Waals surface area contributed by atoms with Crippen LogP contribution in [0.15, 0.2) is 12.2 Å². The van der Waals surface area contributed by atoms with Gasteiger partial charge in [0.25, 0.3) is 0 Å². The Kier molecular flexibility index (Phi) is 2.05. The quantitative estimate of drug-likeness (QED) is 0.427. The van der Waals surface area contributed by atoms with Crippen LogP contribution in [0.3, 0.4) is 0 Å². The van der Waals surface area contributed by atoms with Gasteiger partial charge in [0, 0.05) is 0 Å². The SMILES string of the molecule is CNCC1(O)C=CC(O)O1. The van der Waals surface area contributed by atoms with E-state index in [2.05, 4.69) is 5.32 Å². The molecule has 0 radical (unpaired) electrons. The fraction of sp³-hybridized carbons (Fsp3) is 0.667. The molecule has 58 valence electrons. The maximum absolute atomic E-state index is 9.33. The molecule has 0 aliphatic carbocycles. The van der Waals surface area contributed by atoms with Crippen LogP contribution in [0.25, 0.3) is 0 Å². The Balaban J connectivity index is 2.48. The summed E-state index contributed by atoms with van der Waals surface area (Å²) in [4.78, 5) is 0. The summed E-state index contributed by atoms with van der Waals surface area (Å²) in [5, 5.41) is 20.9. The average Bonchev–Trinajstić information content (AvgIpc) is 2.12. The highest BCUT2D eigenvalue weighted by atomic mass is 16.7. The summed E-state index contributed by atoms with van der Waals surface area (Å²) >= 11 is 0. The Hall–Kier alpha value is -0.420. The minimum Gasteiger partial charge on any atom is -0.365 e.